The number of nitrogens with zero attached hydrogens (tertiary/aromatic N) is 1. The number of rotatable bonds is 10. The molecule has 35 heavy (non-hydrogen) atoms. The fraction of sp³-hybridized carbons (Fsp3) is 0.310. The van der Waals surface area contributed by atoms with E-state index in [1.54, 1.807) is 0 Å². The van der Waals surface area contributed by atoms with Gasteiger partial charge in [-0.3, -0.25) is 9.69 Å². The van der Waals surface area contributed by atoms with Gasteiger partial charge < -0.3 is 15.4 Å². The van der Waals surface area contributed by atoms with E-state index in [1.165, 1.54) is 11.1 Å². The van der Waals surface area contributed by atoms with Crippen LogP contribution in [0.3, 0.4) is 0 Å². The van der Waals surface area contributed by atoms with Crippen LogP contribution in [0.2, 0.25) is 0 Å². The molecule has 0 heterocycles. The molecular weight excluding hydrogens is 438 g/mol. The SMILES string of the molecule is CC(C)(C)OC(=O)NCCc1ccc(NC(=O)CN(Cc2ccccc2)Cc2ccccc2)cc1. The van der Waals surface area contributed by atoms with Gasteiger partial charge in [0.1, 0.15) is 5.60 Å². The summed E-state index contributed by atoms with van der Waals surface area (Å²) in [5.74, 6) is -0.0591. The second kappa shape index (κ2) is 12.7. The minimum Gasteiger partial charge on any atom is -0.444 e. The van der Waals surface area contributed by atoms with Crippen molar-refractivity contribution >= 4 is 17.7 Å². The zero-order valence-electron chi connectivity index (χ0n) is 20.8. The minimum atomic E-state index is -0.512. The fourth-order valence-corrected chi connectivity index (χ4v) is 3.63. The first kappa shape index (κ1) is 26.0. The van der Waals surface area contributed by atoms with Gasteiger partial charge >= 0.3 is 6.09 Å². The highest BCUT2D eigenvalue weighted by Gasteiger charge is 2.15. The van der Waals surface area contributed by atoms with E-state index in [9.17, 15) is 9.59 Å². The van der Waals surface area contributed by atoms with Gasteiger partial charge in [0.05, 0.1) is 6.54 Å². The standard InChI is InChI=1S/C29H35N3O3/c1-29(2,3)35-28(34)30-19-18-23-14-16-26(17-15-23)31-27(33)22-32(20-24-10-6-4-7-11-24)21-25-12-8-5-9-13-25/h4-17H,18-22H2,1-3H3,(H,30,34)(H,31,33). The summed E-state index contributed by atoms with van der Waals surface area (Å²) < 4.78 is 5.24. The van der Waals surface area contributed by atoms with Gasteiger partial charge in [0, 0.05) is 25.3 Å². The molecule has 0 saturated carbocycles. The molecule has 0 spiro atoms. The molecule has 0 unspecified atom stereocenters. The first-order valence-electron chi connectivity index (χ1n) is 11.9. The van der Waals surface area contributed by atoms with Crippen LogP contribution >= 0.6 is 0 Å². The molecule has 2 N–H and O–H groups in total. The van der Waals surface area contributed by atoms with Crippen LogP contribution in [0.1, 0.15) is 37.5 Å². The molecule has 6 nitrogen and oxygen atoms in total. The summed E-state index contributed by atoms with van der Waals surface area (Å²) >= 11 is 0. The molecule has 2 amide bonds. The van der Waals surface area contributed by atoms with Crippen molar-refractivity contribution in [2.75, 3.05) is 18.4 Å². The van der Waals surface area contributed by atoms with E-state index < -0.39 is 11.7 Å². The molecule has 6 heteroatoms. The lowest BCUT2D eigenvalue weighted by molar-refractivity contribution is -0.117. The van der Waals surface area contributed by atoms with Gasteiger partial charge in [0.15, 0.2) is 0 Å². The van der Waals surface area contributed by atoms with Gasteiger partial charge in [0.25, 0.3) is 0 Å². The summed E-state index contributed by atoms with van der Waals surface area (Å²) in [5, 5.41) is 5.76. The first-order valence-corrected chi connectivity index (χ1v) is 11.9. The van der Waals surface area contributed by atoms with Crippen LogP contribution in [-0.4, -0.2) is 35.6 Å². The molecule has 0 fully saturated rings. The monoisotopic (exact) mass is 473 g/mol. The van der Waals surface area contributed by atoms with Gasteiger partial charge in [-0.05, 0) is 56.0 Å². The van der Waals surface area contributed by atoms with Crippen molar-refractivity contribution in [3.05, 3.63) is 102 Å². The van der Waals surface area contributed by atoms with Crippen LogP contribution in [-0.2, 0) is 29.0 Å². The van der Waals surface area contributed by atoms with Crippen LogP contribution in [0.5, 0.6) is 0 Å². The third kappa shape index (κ3) is 10.0. The average molecular weight is 474 g/mol. The van der Waals surface area contributed by atoms with E-state index in [0.717, 1.165) is 11.3 Å². The van der Waals surface area contributed by atoms with Crippen LogP contribution in [0.4, 0.5) is 10.5 Å². The Kier molecular flexibility index (Phi) is 9.44. The second-order valence-electron chi connectivity index (χ2n) is 9.54. The summed E-state index contributed by atoms with van der Waals surface area (Å²) in [6.45, 7) is 7.64. The number of carbonyl (C=O) groups is 2. The number of hydrogen-bond donors (Lipinski definition) is 2. The molecule has 0 aliphatic rings. The molecule has 0 aromatic heterocycles. The van der Waals surface area contributed by atoms with Gasteiger partial charge in [0.2, 0.25) is 5.91 Å². The summed E-state index contributed by atoms with van der Waals surface area (Å²) in [4.78, 5) is 26.7. The molecule has 0 aliphatic carbocycles. The minimum absolute atomic E-state index is 0.0591. The molecule has 184 valence electrons. The van der Waals surface area contributed by atoms with E-state index in [-0.39, 0.29) is 12.5 Å². The van der Waals surface area contributed by atoms with E-state index in [2.05, 4.69) is 39.8 Å². The fourth-order valence-electron chi connectivity index (χ4n) is 3.63. The number of ether oxygens (including phenoxy) is 1. The number of carbonyl (C=O) groups excluding carboxylic acids is 2. The first-order chi connectivity index (χ1) is 16.8. The molecule has 3 aromatic rings. The van der Waals surface area contributed by atoms with Crippen molar-refractivity contribution in [1.82, 2.24) is 10.2 Å². The van der Waals surface area contributed by atoms with E-state index in [0.29, 0.717) is 26.1 Å². The molecule has 0 bridgehead atoms. The Labute approximate surface area is 208 Å². The highest BCUT2D eigenvalue weighted by atomic mass is 16.6. The predicted octanol–water partition coefficient (Wildman–Crippen LogP) is 5.39. The van der Waals surface area contributed by atoms with Crippen LogP contribution in [0.25, 0.3) is 0 Å². The predicted molar refractivity (Wildman–Crippen MR) is 140 cm³/mol. The summed E-state index contributed by atoms with van der Waals surface area (Å²) in [6.07, 6.45) is 0.256. The summed E-state index contributed by atoms with van der Waals surface area (Å²) in [5.41, 5.74) is 3.63. The summed E-state index contributed by atoms with van der Waals surface area (Å²) in [6, 6.07) is 28.0. The molecule has 0 aliphatic heterocycles. The van der Waals surface area contributed by atoms with Gasteiger partial charge in [-0.2, -0.15) is 0 Å². The lowest BCUT2D eigenvalue weighted by atomic mass is 10.1. The Morgan fingerprint density at radius 2 is 1.31 bits per heavy atom. The largest absolute Gasteiger partial charge is 0.444 e. The van der Waals surface area contributed by atoms with Gasteiger partial charge in [-0.25, -0.2) is 4.79 Å². The third-order valence-electron chi connectivity index (χ3n) is 5.18. The Hall–Kier alpha value is -3.64. The number of hydrogen-bond acceptors (Lipinski definition) is 4. The number of amides is 2. The summed E-state index contributed by atoms with van der Waals surface area (Å²) in [7, 11) is 0. The van der Waals surface area contributed by atoms with Crippen molar-refractivity contribution in [3.8, 4) is 0 Å². The number of nitrogens with one attached hydrogen (secondary N) is 2. The van der Waals surface area contributed by atoms with Crippen LogP contribution < -0.4 is 10.6 Å². The maximum atomic E-state index is 12.8. The lowest BCUT2D eigenvalue weighted by Crippen LogP contribution is -2.33. The Balaban J connectivity index is 1.51. The number of alkyl carbamates (subject to hydrolysis) is 1. The zero-order valence-corrected chi connectivity index (χ0v) is 20.8. The maximum Gasteiger partial charge on any atom is 0.407 e. The quantitative estimate of drug-likeness (QED) is 0.414. The van der Waals surface area contributed by atoms with Gasteiger partial charge in [-0.1, -0.05) is 72.8 Å². The highest BCUT2D eigenvalue weighted by molar-refractivity contribution is 5.92. The van der Waals surface area contributed by atoms with E-state index in [4.69, 9.17) is 4.74 Å². The molecule has 3 aromatic carbocycles. The van der Waals surface area contributed by atoms with Crippen molar-refractivity contribution in [2.45, 2.75) is 45.9 Å². The molecule has 0 atom stereocenters. The Bertz CT molecular complexity index is 1020. The average Bonchev–Trinajstić information content (AvgIpc) is 2.80. The van der Waals surface area contributed by atoms with Crippen molar-refractivity contribution in [3.63, 3.8) is 0 Å². The van der Waals surface area contributed by atoms with Crippen molar-refractivity contribution in [2.24, 2.45) is 0 Å². The maximum absolute atomic E-state index is 12.8. The molecule has 3 rings (SSSR count). The highest BCUT2D eigenvalue weighted by Crippen LogP contribution is 2.13. The lowest BCUT2D eigenvalue weighted by Gasteiger charge is -2.22. The number of benzene rings is 3. The van der Waals surface area contributed by atoms with E-state index in [1.807, 2.05) is 81.4 Å². The van der Waals surface area contributed by atoms with Crippen molar-refractivity contribution < 1.29 is 14.3 Å². The number of anilines is 1. The zero-order chi connectivity index (χ0) is 25.1. The van der Waals surface area contributed by atoms with E-state index >= 15 is 0 Å². The second-order valence-corrected chi connectivity index (χ2v) is 9.54. The molecule has 0 radical (unpaired) electrons. The van der Waals surface area contributed by atoms with Crippen LogP contribution in [0.15, 0.2) is 84.9 Å². The normalized spacial score (nSPS) is 11.2. The smallest absolute Gasteiger partial charge is 0.407 e. The Morgan fingerprint density at radius 3 is 1.83 bits per heavy atom. The molecular formula is C29H35N3O3. The van der Waals surface area contributed by atoms with Crippen molar-refractivity contribution in [1.29, 1.82) is 0 Å². The van der Waals surface area contributed by atoms with Crippen LogP contribution in [0, 0.1) is 0 Å². The Morgan fingerprint density at radius 1 is 0.771 bits per heavy atom. The topological polar surface area (TPSA) is 70.7 Å². The molecule has 0 saturated heterocycles. The van der Waals surface area contributed by atoms with Gasteiger partial charge in [-0.15, -0.1) is 0 Å². The third-order valence-corrected chi connectivity index (χ3v) is 5.18.